The van der Waals surface area contributed by atoms with Crippen molar-refractivity contribution in [3.63, 3.8) is 0 Å². The molecule has 0 aromatic carbocycles. The number of thiophene rings is 1. The van der Waals surface area contributed by atoms with Crippen LogP contribution in [0.1, 0.15) is 40.9 Å². The zero-order chi connectivity index (χ0) is 16.5. The molecule has 2 rings (SSSR count). The third kappa shape index (κ3) is 3.04. The number of anilines is 1. The second-order valence-electron chi connectivity index (χ2n) is 5.56. The first-order chi connectivity index (χ1) is 10.3. The largest absolute Gasteiger partial charge is 0.479 e. The molecule has 0 radical (unpaired) electrons. The number of amides is 1. The average molecular weight is 321 g/mol. The van der Waals surface area contributed by atoms with Gasteiger partial charge in [-0.1, -0.05) is 6.92 Å². The lowest BCUT2D eigenvalue weighted by molar-refractivity contribution is -0.146. The Morgan fingerprint density at radius 3 is 2.68 bits per heavy atom. The number of carbonyl (C=O) groups is 2. The summed E-state index contributed by atoms with van der Waals surface area (Å²) in [5, 5.41) is 15.9. The smallest absolute Gasteiger partial charge is 0.331 e. The minimum atomic E-state index is -1.17. The van der Waals surface area contributed by atoms with E-state index in [1.807, 2.05) is 13.0 Å². The van der Waals surface area contributed by atoms with Crippen molar-refractivity contribution in [3.8, 4) is 0 Å². The molecule has 0 aliphatic rings. The second kappa shape index (κ2) is 5.92. The van der Waals surface area contributed by atoms with Crippen molar-refractivity contribution in [3.05, 3.63) is 33.8 Å². The predicted molar refractivity (Wildman–Crippen MR) is 85.6 cm³/mol. The van der Waals surface area contributed by atoms with Gasteiger partial charge >= 0.3 is 5.97 Å². The van der Waals surface area contributed by atoms with E-state index >= 15 is 0 Å². The Labute approximate surface area is 132 Å². The summed E-state index contributed by atoms with van der Waals surface area (Å²) in [6.45, 7) is 7.13. The van der Waals surface area contributed by atoms with E-state index in [0.717, 1.165) is 12.0 Å². The molecule has 2 N–H and O–H groups in total. The third-order valence-electron chi connectivity index (χ3n) is 3.50. The summed E-state index contributed by atoms with van der Waals surface area (Å²) in [5.74, 6) is -1.20. The fraction of sp³-hybridized carbons (Fsp3) is 0.400. The molecule has 22 heavy (non-hydrogen) atoms. The van der Waals surface area contributed by atoms with E-state index in [2.05, 4.69) is 17.3 Å². The number of aryl methyl sites for hydroxylation is 2. The Bertz CT molecular complexity index is 715. The highest BCUT2D eigenvalue weighted by Gasteiger charge is 2.30. The molecule has 0 saturated carbocycles. The van der Waals surface area contributed by atoms with Gasteiger partial charge in [-0.05, 0) is 38.8 Å². The number of nitrogens with zero attached hydrogens (tertiary/aromatic N) is 2. The van der Waals surface area contributed by atoms with E-state index in [1.165, 1.54) is 33.3 Å². The molecule has 0 unspecified atom stereocenters. The number of carboxylic acid groups (broad SMARTS) is 1. The van der Waals surface area contributed by atoms with Crippen molar-refractivity contribution in [2.24, 2.45) is 0 Å². The van der Waals surface area contributed by atoms with E-state index in [1.54, 1.807) is 13.8 Å². The number of aliphatic carboxylic acids is 1. The SMILES string of the molecule is CCc1sc(C(=O)Nc2cnn(C(C)(C)C(=O)O)c2)cc1C. The molecule has 0 fully saturated rings. The van der Waals surface area contributed by atoms with Crippen LogP contribution in [-0.4, -0.2) is 26.8 Å². The zero-order valence-corrected chi connectivity index (χ0v) is 13.8. The van der Waals surface area contributed by atoms with Gasteiger partial charge in [0.25, 0.3) is 5.91 Å². The van der Waals surface area contributed by atoms with Gasteiger partial charge in [0.15, 0.2) is 5.54 Å². The minimum absolute atomic E-state index is 0.208. The van der Waals surface area contributed by atoms with Crippen LogP contribution >= 0.6 is 11.3 Å². The average Bonchev–Trinajstić information content (AvgIpc) is 3.05. The van der Waals surface area contributed by atoms with Gasteiger partial charge in [-0.2, -0.15) is 5.10 Å². The number of nitrogens with one attached hydrogen (secondary N) is 1. The number of carbonyl (C=O) groups excluding carboxylic acids is 1. The maximum atomic E-state index is 12.2. The van der Waals surface area contributed by atoms with Crippen LogP contribution in [0.2, 0.25) is 0 Å². The highest BCUT2D eigenvalue weighted by atomic mass is 32.1. The molecule has 2 aromatic rings. The molecule has 2 aromatic heterocycles. The Hall–Kier alpha value is -2.15. The fourth-order valence-electron chi connectivity index (χ4n) is 1.97. The molecule has 2 heterocycles. The molecule has 118 valence electrons. The number of hydrogen-bond donors (Lipinski definition) is 2. The number of aromatic nitrogens is 2. The molecule has 6 nitrogen and oxygen atoms in total. The lowest BCUT2D eigenvalue weighted by Gasteiger charge is -2.19. The van der Waals surface area contributed by atoms with Gasteiger partial charge in [-0.3, -0.25) is 9.48 Å². The van der Waals surface area contributed by atoms with Gasteiger partial charge < -0.3 is 10.4 Å². The van der Waals surface area contributed by atoms with E-state index in [9.17, 15) is 14.7 Å². The van der Waals surface area contributed by atoms with Gasteiger partial charge in [0, 0.05) is 11.1 Å². The summed E-state index contributed by atoms with van der Waals surface area (Å²) in [4.78, 5) is 25.3. The van der Waals surface area contributed by atoms with Crippen LogP contribution in [0.4, 0.5) is 5.69 Å². The number of carboxylic acids is 1. The number of rotatable bonds is 5. The molecular formula is C15H19N3O3S. The van der Waals surface area contributed by atoms with Crippen molar-refractivity contribution in [1.82, 2.24) is 9.78 Å². The first-order valence-corrected chi connectivity index (χ1v) is 7.76. The van der Waals surface area contributed by atoms with Crippen molar-refractivity contribution in [2.75, 3.05) is 5.32 Å². The fourth-order valence-corrected chi connectivity index (χ4v) is 2.98. The standard InChI is InChI=1S/C15H19N3O3S/c1-5-11-9(2)6-12(22-11)13(19)17-10-7-16-18(8-10)15(3,4)14(20)21/h6-8H,5H2,1-4H3,(H,17,19)(H,20,21). The van der Waals surface area contributed by atoms with Crippen LogP contribution in [0, 0.1) is 6.92 Å². The zero-order valence-electron chi connectivity index (χ0n) is 13.0. The lowest BCUT2D eigenvalue weighted by atomic mass is 10.1. The summed E-state index contributed by atoms with van der Waals surface area (Å²) in [6, 6.07) is 1.87. The number of hydrogen-bond acceptors (Lipinski definition) is 4. The molecule has 0 atom stereocenters. The molecular weight excluding hydrogens is 302 g/mol. The van der Waals surface area contributed by atoms with E-state index in [-0.39, 0.29) is 5.91 Å². The first kappa shape index (κ1) is 16.2. The van der Waals surface area contributed by atoms with Crippen LogP contribution in [0.5, 0.6) is 0 Å². The quantitative estimate of drug-likeness (QED) is 0.887. The van der Waals surface area contributed by atoms with Crippen LogP contribution in [0.25, 0.3) is 0 Å². The third-order valence-corrected chi connectivity index (χ3v) is 4.88. The van der Waals surface area contributed by atoms with E-state index < -0.39 is 11.5 Å². The Balaban J connectivity index is 2.16. The van der Waals surface area contributed by atoms with Crippen molar-refractivity contribution in [2.45, 2.75) is 39.7 Å². The van der Waals surface area contributed by atoms with Crippen LogP contribution < -0.4 is 5.32 Å². The van der Waals surface area contributed by atoms with E-state index in [0.29, 0.717) is 10.6 Å². The van der Waals surface area contributed by atoms with Gasteiger partial charge in [0.1, 0.15) is 0 Å². The predicted octanol–water partition coefficient (Wildman–Crippen LogP) is 2.89. The normalized spacial score (nSPS) is 11.5. The Kier molecular flexibility index (Phi) is 4.37. The van der Waals surface area contributed by atoms with Crippen molar-refractivity contribution >= 4 is 28.9 Å². The molecule has 1 amide bonds. The summed E-state index contributed by atoms with van der Waals surface area (Å²) >= 11 is 1.47. The van der Waals surface area contributed by atoms with Crippen LogP contribution in [-0.2, 0) is 16.8 Å². The minimum Gasteiger partial charge on any atom is -0.479 e. The van der Waals surface area contributed by atoms with Crippen LogP contribution in [0.3, 0.4) is 0 Å². The monoisotopic (exact) mass is 321 g/mol. The maximum Gasteiger partial charge on any atom is 0.331 e. The molecule has 0 saturated heterocycles. The highest BCUT2D eigenvalue weighted by Crippen LogP contribution is 2.24. The van der Waals surface area contributed by atoms with Crippen LogP contribution in [0.15, 0.2) is 18.5 Å². The second-order valence-corrected chi connectivity index (χ2v) is 6.70. The first-order valence-electron chi connectivity index (χ1n) is 6.95. The molecule has 7 heteroatoms. The van der Waals surface area contributed by atoms with Crippen molar-refractivity contribution < 1.29 is 14.7 Å². The van der Waals surface area contributed by atoms with Gasteiger partial charge in [0.2, 0.25) is 0 Å². The molecule has 0 aliphatic heterocycles. The maximum absolute atomic E-state index is 12.2. The Morgan fingerprint density at radius 2 is 2.14 bits per heavy atom. The lowest BCUT2D eigenvalue weighted by Crippen LogP contribution is -2.35. The topological polar surface area (TPSA) is 84.2 Å². The van der Waals surface area contributed by atoms with Crippen molar-refractivity contribution in [1.29, 1.82) is 0 Å². The van der Waals surface area contributed by atoms with Gasteiger partial charge in [-0.15, -0.1) is 11.3 Å². The molecule has 0 spiro atoms. The Morgan fingerprint density at radius 1 is 1.45 bits per heavy atom. The van der Waals surface area contributed by atoms with Gasteiger partial charge in [0.05, 0.1) is 16.8 Å². The summed E-state index contributed by atoms with van der Waals surface area (Å²) < 4.78 is 1.32. The highest BCUT2D eigenvalue weighted by molar-refractivity contribution is 7.14. The summed E-state index contributed by atoms with van der Waals surface area (Å²) in [7, 11) is 0. The molecule has 0 bridgehead atoms. The summed E-state index contributed by atoms with van der Waals surface area (Å²) in [6.07, 6.45) is 3.87. The van der Waals surface area contributed by atoms with E-state index in [4.69, 9.17) is 0 Å². The van der Waals surface area contributed by atoms with Gasteiger partial charge in [-0.25, -0.2) is 4.79 Å². The molecule has 0 aliphatic carbocycles. The summed E-state index contributed by atoms with van der Waals surface area (Å²) in [5.41, 5.74) is 0.418.